The molecule has 0 bridgehead atoms. The van der Waals surface area contributed by atoms with Gasteiger partial charge in [0.25, 0.3) is 11.8 Å². The molecule has 0 aliphatic carbocycles. The number of hydrogen-bond acceptors (Lipinski definition) is 4. The molecule has 8 nitrogen and oxygen atoms in total. The molecule has 0 fully saturated rings. The minimum absolute atomic E-state index is 0.0525. The second-order valence-electron chi connectivity index (χ2n) is 8.25. The van der Waals surface area contributed by atoms with Crippen LogP contribution in [0.4, 0.5) is 0 Å². The molecule has 3 rings (SSSR count). The smallest absolute Gasteiger partial charge is 0.274 e. The van der Waals surface area contributed by atoms with E-state index in [2.05, 4.69) is 16.5 Å². The van der Waals surface area contributed by atoms with Crippen molar-refractivity contribution in [3.05, 3.63) is 52.8 Å². The Morgan fingerprint density at radius 3 is 2.74 bits per heavy atom. The number of nitrogens with one attached hydrogen (secondary N) is 1. The molecule has 1 atom stereocenters. The molecule has 1 N–H and O–H groups in total. The van der Waals surface area contributed by atoms with Gasteiger partial charge >= 0.3 is 0 Å². The van der Waals surface area contributed by atoms with E-state index < -0.39 is 0 Å². The highest BCUT2D eigenvalue weighted by molar-refractivity contribution is 5.99. The minimum Gasteiger partial charge on any atom is -0.352 e. The van der Waals surface area contributed by atoms with Crippen molar-refractivity contribution in [3.8, 4) is 0 Å². The van der Waals surface area contributed by atoms with E-state index >= 15 is 0 Å². The Morgan fingerprint density at radius 1 is 1.26 bits per heavy atom. The Morgan fingerprint density at radius 2 is 2.03 bits per heavy atom. The van der Waals surface area contributed by atoms with Crippen LogP contribution in [0.5, 0.6) is 0 Å². The standard InChI is InChI=1S/C23H31N5O3/c1-5-17(3)24-21(29)15-26(4)22(30)19-13-20-23(31)27(10-7-11-28(20)25-19)14-18-9-6-8-16(2)12-18/h6,8-9,12-13,17H,5,7,10-11,14-15H2,1-4H3,(H,24,29)/t17-/m1/s1. The lowest BCUT2D eigenvalue weighted by Gasteiger charge is -2.20. The molecule has 3 amide bonds. The molecule has 0 radical (unpaired) electrons. The number of benzene rings is 1. The van der Waals surface area contributed by atoms with Crippen molar-refractivity contribution in [1.82, 2.24) is 24.9 Å². The van der Waals surface area contributed by atoms with Crippen molar-refractivity contribution in [3.63, 3.8) is 0 Å². The molecule has 0 unspecified atom stereocenters. The van der Waals surface area contributed by atoms with Crippen LogP contribution in [0.25, 0.3) is 0 Å². The van der Waals surface area contributed by atoms with Gasteiger partial charge in [0.2, 0.25) is 5.91 Å². The quantitative estimate of drug-likeness (QED) is 0.737. The first-order valence-electron chi connectivity index (χ1n) is 10.8. The van der Waals surface area contributed by atoms with Crippen LogP contribution < -0.4 is 5.32 Å². The van der Waals surface area contributed by atoms with Gasteiger partial charge in [-0.2, -0.15) is 5.10 Å². The summed E-state index contributed by atoms with van der Waals surface area (Å²) in [4.78, 5) is 41.2. The number of carbonyl (C=O) groups is 3. The number of fused-ring (bicyclic) bond motifs is 1. The first-order chi connectivity index (χ1) is 14.8. The van der Waals surface area contributed by atoms with Crippen LogP contribution >= 0.6 is 0 Å². The van der Waals surface area contributed by atoms with Gasteiger partial charge in [-0.1, -0.05) is 36.8 Å². The summed E-state index contributed by atoms with van der Waals surface area (Å²) in [6.07, 6.45) is 1.57. The number of rotatable bonds is 7. The van der Waals surface area contributed by atoms with E-state index in [1.807, 2.05) is 39.0 Å². The number of aromatic nitrogens is 2. The zero-order chi connectivity index (χ0) is 22.5. The van der Waals surface area contributed by atoms with Crippen LogP contribution in [0, 0.1) is 6.92 Å². The first kappa shape index (κ1) is 22.5. The predicted molar refractivity (Wildman–Crippen MR) is 118 cm³/mol. The fourth-order valence-electron chi connectivity index (χ4n) is 3.63. The third-order valence-corrected chi connectivity index (χ3v) is 5.51. The fourth-order valence-corrected chi connectivity index (χ4v) is 3.63. The van der Waals surface area contributed by atoms with E-state index in [1.165, 1.54) is 4.90 Å². The van der Waals surface area contributed by atoms with Gasteiger partial charge in [0.1, 0.15) is 5.69 Å². The highest BCUT2D eigenvalue weighted by Gasteiger charge is 2.27. The van der Waals surface area contributed by atoms with Gasteiger partial charge in [-0.15, -0.1) is 0 Å². The molecular formula is C23H31N5O3. The van der Waals surface area contributed by atoms with Gasteiger partial charge < -0.3 is 15.1 Å². The molecule has 0 saturated heterocycles. The molecule has 2 heterocycles. The second kappa shape index (κ2) is 9.76. The zero-order valence-electron chi connectivity index (χ0n) is 18.7. The summed E-state index contributed by atoms with van der Waals surface area (Å²) in [5.74, 6) is -0.730. The van der Waals surface area contributed by atoms with Gasteiger partial charge in [0, 0.05) is 38.8 Å². The van der Waals surface area contributed by atoms with E-state index in [0.717, 1.165) is 24.0 Å². The monoisotopic (exact) mass is 425 g/mol. The third kappa shape index (κ3) is 5.51. The van der Waals surface area contributed by atoms with E-state index in [1.54, 1.807) is 22.7 Å². The fraction of sp³-hybridized carbons (Fsp3) is 0.478. The van der Waals surface area contributed by atoms with Gasteiger partial charge in [-0.3, -0.25) is 19.1 Å². The van der Waals surface area contributed by atoms with Crippen LogP contribution in [0.1, 0.15) is 58.8 Å². The highest BCUT2D eigenvalue weighted by atomic mass is 16.2. The topological polar surface area (TPSA) is 87.5 Å². The van der Waals surface area contributed by atoms with Crippen LogP contribution in [0.2, 0.25) is 0 Å². The molecule has 1 aliphatic rings. The molecule has 31 heavy (non-hydrogen) atoms. The van der Waals surface area contributed by atoms with Crippen LogP contribution in [-0.4, -0.2) is 63.5 Å². The average Bonchev–Trinajstić information content (AvgIpc) is 3.10. The molecule has 1 aromatic carbocycles. The van der Waals surface area contributed by atoms with E-state index in [4.69, 9.17) is 0 Å². The minimum atomic E-state index is -0.377. The van der Waals surface area contributed by atoms with Crippen LogP contribution in [-0.2, 0) is 17.9 Å². The molecule has 1 aliphatic heterocycles. The Hall–Kier alpha value is -3.16. The Labute approximate surface area is 183 Å². The average molecular weight is 426 g/mol. The summed E-state index contributed by atoms with van der Waals surface area (Å²) in [5, 5.41) is 7.21. The van der Waals surface area contributed by atoms with Gasteiger partial charge in [-0.05, 0) is 32.3 Å². The van der Waals surface area contributed by atoms with Crippen molar-refractivity contribution in [2.45, 2.75) is 52.7 Å². The van der Waals surface area contributed by atoms with Crippen molar-refractivity contribution >= 4 is 17.7 Å². The Kier molecular flexibility index (Phi) is 7.09. The van der Waals surface area contributed by atoms with Gasteiger partial charge in [0.05, 0.1) is 6.54 Å². The number of nitrogens with zero attached hydrogens (tertiary/aromatic N) is 4. The van der Waals surface area contributed by atoms with E-state index in [0.29, 0.717) is 25.3 Å². The zero-order valence-corrected chi connectivity index (χ0v) is 18.7. The second-order valence-corrected chi connectivity index (χ2v) is 8.25. The largest absolute Gasteiger partial charge is 0.352 e. The maximum absolute atomic E-state index is 13.1. The Balaban J connectivity index is 1.71. The third-order valence-electron chi connectivity index (χ3n) is 5.51. The number of likely N-dealkylation sites (N-methyl/N-ethyl adjacent to an activating group) is 1. The van der Waals surface area contributed by atoms with E-state index in [-0.39, 0.29) is 36.0 Å². The molecule has 1 aromatic heterocycles. The maximum atomic E-state index is 13.1. The normalized spacial score (nSPS) is 14.6. The lowest BCUT2D eigenvalue weighted by atomic mass is 10.1. The lowest BCUT2D eigenvalue weighted by molar-refractivity contribution is -0.122. The summed E-state index contributed by atoms with van der Waals surface area (Å²) >= 11 is 0. The predicted octanol–water partition coefficient (Wildman–Crippen LogP) is 2.22. The lowest BCUT2D eigenvalue weighted by Crippen LogP contribution is -2.41. The van der Waals surface area contributed by atoms with Crippen molar-refractivity contribution < 1.29 is 14.4 Å². The SMILES string of the molecule is CC[C@@H](C)NC(=O)CN(C)C(=O)c1cc2n(n1)CCCN(Cc1cccc(C)c1)C2=O. The van der Waals surface area contributed by atoms with Gasteiger partial charge in [-0.25, -0.2) is 0 Å². The molecule has 166 valence electrons. The molecule has 8 heteroatoms. The molecule has 2 aromatic rings. The number of aryl methyl sites for hydroxylation is 2. The van der Waals surface area contributed by atoms with Crippen molar-refractivity contribution in [2.24, 2.45) is 0 Å². The van der Waals surface area contributed by atoms with E-state index in [9.17, 15) is 14.4 Å². The number of carbonyl (C=O) groups excluding carboxylic acids is 3. The number of amides is 3. The molecule has 0 saturated carbocycles. The Bertz CT molecular complexity index is 968. The molecule has 0 spiro atoms. The summed E-state index contributed by atoms with van der Waals surface area (Å²) in [6.45, 7) is 7.59. The first-order valence-corrected chi connectivity index (χ1v) is 10.8. The maximum Gasteiger partial charge on any atom is 0.274 e. The van der Waals surface area contributed by atoms with Crippen LogP contribution in [0.15, 0.2) is 30.3 Å². The summed E-state index contributed by atoms with van der Waals surface area (Å²) < 4.78 is 1.61. The van der Waals surface area contributed by atoms with Crippen molar-refractivity contribution in [1.29, 1.82) is 0 Å². The van der Waals surface area contributed by atoms with Crippen molar-refractivity contribution in [2.75, 3.05) is 20.1 Å². The molecular weight excluding hydrogens is 394 g/mol. The summed E-state index contributed by atoms with van der Waals surface area (Å²) in [7, 11) is 1.56. The van der Waals surface area contributed by atoms with Crippen LogP contribution in [0.3, 0.4) is 0 Å². The highest BCUT2D eigenvalue weighted by Crippen LogP contribution is 2.18. The summed E-state index contributed by atoms with van der Waals surface area (Å²) in [5.41, 5.74) is 2.81. The number of hydrogen-bond donors (Lipinski definition) is 1. The summed E-state index contributed by atoms with van der Waals surface area (Å²) in [6, 6.07) is 9.70. The van der Waals surface area contributed by atoms with Gasteiger partial charge in [0.15, 0.2) is 5.69 Å².